The number of nitrogen functional groups attached to an aromatic ring is 1. The van der Waals surface area contributed by atoms with Crippen molar-refractivity contribution in [2.75, 3.05) is 18.2 Å². The highest BCUT2D eigenvalue weighted by Gasteiger charge is 2.09. The van der Waals surface area contributed by atoms with E-state index in [-0.39, 0.29) is 12.3 Å². The van der Waals surface area contributed by atoms with Gasteiger partial charge in [-0.3, -0.25) is 4.79 Å². The molecule has 4 nitrogen and oxygen atoms in total. The highest BCUT2D eigenvalue weighted by molar-refractivity contribution is 5.92. The lowest BCUT2D eigenvalue weighted by molar-refractivity contribution is -0.115. The lowest BCUT2D eigenvalue weighted by Gasteiger charge is -2.09. The highest BCUT2D eigenvalue weighted by atomic mass is 19.1. The van der Waals surface area contributed by atoms with Gasteiger partial charge in [0, 0.05) is 11.8 Å². The van der Waals surface area contributed by atoms with Crippen LogP contribution in [0.3, 0.4) is 0 Å². The Morgan fingerprint density at radius 1 is 1.30 bits per heavy atom. The third-order valence-corrected chi connectivity index (χ3v) is 2.83. The molecule has 104 valence electrons. The molecule has 0 aliphatic heterocycles. The van der Waals surface area contributed by atoms with Crippen molar-refractivity contribution < 1.29 is 13.9 Å². The number of methoxy groups -OCH3 is 1. The summed E-state index contributed by atoms with van der Waals surface area (Å²) in [7, 11) is 1.50. The van der Waals surface area contributed by atoms with Crippen LogP contribution in [0, 0.1) is 5.82 Å². The summed E-state index contributed by atoms with van der Waals surface area (Å²) in [6.45, 7) is 0. The van der Waals surface area contributed by atoms with Crippen LogP contribution < -0.4 is 15.8 Å². The molecule has 0 unspecified atom stereocenters. The normalized spacial score (nSPS) is 10.1. The summed E-state index contributed by atoms with van der Waals surface area (Å²) < 4.78 is 18.5. The number of anilines is 2. The van der Waals surface area contributed by atoms with Gasteiger partial charge in [0.2, 0.25) is 5.91 Å². The molecule has 0 fully saturated rings. The molecule has 0 atom stereocenters. The minimum absolute atomic E-state index is 0.0284. The van der Waals surface area contributed by atoms with Crippen molar-refractivity contribution in [1.82, 2.24) is 0 Å². The molecule has 0 saturated carbocycles. The van der Waals surface area contributed by atoms with E-state index in [4.69, 9.17) is 10.5 Å². The summed E-state index contributed by atoms with van der Waals surface area (Å²) in [5, 5.41) is 2.68. The van der Waals surface area contributed by atoms with E-state index in [0.29, 0.717) is 22.7 Å². The fourth-order valence-electron chi connectivity index (χ4n) is 1.81. The minimum Gasteiger partial charge on any atom is -0.495 e. The average Bonchev–Trinajstić information content (AvgIpc) is 2.43. The highest BCUT2D eigenvalue weighted by Crippen LogP contribution is 2.25. The van der Waals surface area contributed by atoms with Crippen LogP contribution in [0.25, 0.3) is 0 Å². The van der Waals surface area contributed by atoms with E-state index in [9.17, 15) is 9.18 Å². The maximum atomic E-state index is 13.4. The van der Waals surface area contributed by atoms with Crippen molar-refractivity contribution >= 4 is 17.3 Å². The second kappa shape index (κ2) is 6.06. The van der Waals surface area contributed by atoms with Gasteiger partial charge in [-0.15, -0.1) is 0 Å². The molecule has 0 radical (unpaired) electrons. The number of nitrogens with one attached hydrogen (secondary N) is 1. The largest absolute Gasteiger partial charge is 0.495 e. The zero-order valence-electron chi connectivity index (χ0n) is 11.0. The summed E-state index contributed by atoms with van der Waals surface area (Å²) in [5.41, 5.74) is 7.08. The molecule has 2 aromatic carbocycles. The van der Waals surface area contributed by atoms with Gasteiger partial charge in [-0.2, -0.15) is 0 Å². The van der Waals surface area contributed by atoms with Crippen molar-refractivity contribution in [2.24, 2.45) is 0 Å². The van der Waals surface area contributed by atoms with Crippen LogP contribution >= 0.6 is 0 Å². The fourth-order valence-corrected chi connectivity index (χ4v) is 1.81. The Kier molecular flexibility index (Phi) is 4.20. The quantitative estimate of drug-likeness (QED) is 0.842. The number of carbonyl (C=O) groups excluding carboxylic acids is 1. The van der Waals surface area contributed by atoms with E-state index >= 15 is 0 Å². The maximum absolute atomic E-state index is 13.4. The number of ether oxygens (including phenoxy) is 1. The standard InChI is InChI=1S/C15H15FN2O2/c1-20-14-9-11(6-7-13(14)17)18-15(19)8-10-4-2-3-5-12(10)16/h2-7,9H,8,17H2,1H3,(H,18,19). The van der Waals surface area contributed by atoms with Gasteiger partial charge in [-0.05, 0) is 23.8 Å². The van der Waals surface area contributed by atoms with Crippen LogP contribution in [-0.2, 0) is 11.2 Å². The molecule has 0 saturated heterocycles. The van der Waals surface area contributed by atoms with Crippen LogP contribution in [0.4, 0.5) is 15.8 Å². The first-order valence-electron chi connectivity index (χ1n) is 6.07. The zero-order valence-corrected chi connectivity index (χ0v) is 11.0. The first-order valence-corrected chi connectivity index (χ1v) is 6.07. The first-order chi connectivity index (χ1) is 9.60. The monoisotopic (exact) mass is 274 g/mol. The van der Waals surface area contributed by atoms with Crippen molar-refractivity contribution in [1.29, 1.82) is 0 Å². The molecule has 0 spiro atoms. The molecule has 0 aromatic heterocycles. The van der Waals surface area contributed by atoms with Crippen molar-refractivity contribution in [3.63, 3.8) is 0 Å². The number of hydrogen-bond acceptors (Lipinski definition) is 3. The van der Waals surface area contributed by atoms with E-state index in [1.54, 1.807) is 36.4 Å². The summed E-state index contributed by atoms with van der Waals surface area (Å²) in [6, 6.07) is 11.1. The van der Waals surface area contributed by atoms with Crippen LogP contribution in [0.5, 0.6) is 5.75 Å². The Bertz CT molecular complexity index is 629. The van der Waals surface area contributed by atoms with Crippen LogP contribution in [-0.4, -0.2) is 13.0 Å². The number of benzene rings is 2. The summed E-state index contributed by atoms with van der Waals surface area (Å²) >= 11 is 0. The van der Waals surface area contributed by atoms with Gasteiger partial charge in [0.25, 0.3) is 0 Å². The van der Waals surface area contributed by atoms with Gasteiger partial charge in [0.05, 0.1) is 19.2 Å². The Hall–Kier alpha value is -2.56. The van der Waals surface area contributed by atoms with Crippen LogP contribution in [0.15, 0.2) is 42.5 Å². The first kappa shape index (κ1) is 13.9. The number of amides is 1. The number of halogens is 1. The molecule has 0 aliphatic carbocycles. The Labute approximate surface area is 116 Å². The summed E-state index contributed by atoms with van der Waals surface area (Å²) in [5.74, 6) is -0.215. The summed E-state index contributed by atoms with van der Waals surface area (Å²) in [6.07, 6.45) is -0.0284. The van der Waals surface area contributed by atoms with Crippen molar-refractivity contribution in [3.05, 3.63) is 53.8 Å². The second-order valence-corrected chi connectivity index (χ2v) is 4.27. The summed E-state index contributed by atoms with van der Waals surface area (Å²) in [4.78, 5) is 11.9. The molecular formula is C15H15FN2O2. The maximum Gasteiger partial charge on any atom is 0.228 e. The Morgan fingerprint density at radius 3 is 2.75 bits per heavy atom. The predicted octanol–water partition coefficient (Wildman–Crippen LogP) is 2.60. The fraction of sp³-hybridized carbons (Fsp3) is 0.133. The number of hydrogen-bond donors (Lipinski definition) is 2. The minimum atomic E-state index is -0.391. The van der Waals surface area contributed by atoms with Gasteiger partial charge in [0.1, 0.15) is 11.6 Å². The molecule has 2 rings (SSSR count). The predicted molar refractivity (Wildman–Crippen MR) is 76.1 cm³/mol. The van der Waals surface area contributed by atoms with Gasteiger partial charge in [-0.25, -0.2) is 4.39 Å². The van der Waals surface area contributed by atoms with E-state index < -0.39 is 5.82 Å². The van der Waals surface area contributed by atoms with Crippen molar-refractivity contribution in [3.8, 4) is 5.75 Å². The van der Waals surface area contributed by atoms with Crippen LogP contribution in [0.1, 0.15) is 5.56 Å². The lowest BCUT2D eigenvalue weighted by Crippen LogP contribution is -2.15. The molecular weight excluding hydrogens is 259 g/mol. The molecule has 2 aromatic rings. The van der Waals surface area contributed by atoms with Gasteiger partial charge < -0.3 is 15.8 Å². The Morgan fingerprint density at radius 2 is 2.05 bits per heavy atom. The van der Waals surface area contributed by atoms with E-state index in [1.165, 1.54) is 13.2 Å². The van der Waals surface area contributed by atoms with Gasteiger partial charge >= 0.3 is 0 Å². The number of rotatable bonds is 4. The van der Waals surface area contributed by atoms with E-state index in [1.807, 2.05) is 0 Å². The van der Waals surface area contributed by atoms with Gasteiger partial charge in [-0.1, -0.05) is 18.2 Å². The molecule has 20 heavy (non-hydrogen) atoms. The van der Waals surface area contributed by atoms with Gasteiger partial charge in [0.15, 0.2) is 0 Å². The third-order valence-electron chi connectivity index (χ3n) is 2.83. The third kappa shape index (κ3) is 3.26. The number of carbonyl (C=O) groups is 1. The van der Waals surface area contributed by atoms with Crippen molar-refractivity contribution in [2.45, 2.75) is 6.42 Å². The molecule has 5 heteroatoms. The average molecular weight is 274 g/mol. The molecule has 0 heterocycles. The van der Waals surface area contributed by atoms with E-state index in [0.717, 1.165) is 0 Å². The second-order valence-electron chi connectivity index (χ2n) is 4.27. The van der Waals surface area contributed by atoms with E-state index in [2.05, 4.69) is 5.32 Å². The smallest absolute Gasteiger partial charge is 0.228 e. The van der Waals surface area contributed by atoms with Crippen LogP contribution in [0.2, 0.25) is 0 Å². The zero-order chi connectivity index (χ0) is 14.5. The molecule has 0 bridgehead atoms. The number of nitrogens with two attached hydrogens (primary N) is 1. The SMILES string of the molecule is COc1cc(NC(=O)Cc2ccccc2F)ccc1N. The topological polar surface area (TPSA) is 64.3 Å². The Balaban J connectivity index is 2.07. The molecule has 3 N–H and O–H groups in total. The molecule has 1 amide bonds. The molecule has 0 aliphatic rings. The lowest BCUT2D eigenvalue weighted by atomic mass is 10.1.